The molecule has 0 aliphatic heterocycles. The first-order valence-electron chi connectivity index (χ1n) is 5.98. The molecule has 20 heavy (non-hydrogen) atoms. The maximum absolute atomic E-state index is 12.7. The number of nitrogens with zero attached hydrogens (tertiary/aromatic N) is 2. The summed E-state index contributed by atoms with van der Waals surface area (Å²) in [6.45, 7) is 3.74. The zero-order chi connectivity index (χ0) is 15.5. The topological polar surface area (TPSA) is 23.6 Å². The molecule has 0 heterocycles. The van der Waals surface area contributed by atoms with Gasteiger partial charge in [-0.1, -0.05) is 19.9 Å². The Balaban J connectivity index is 3.17. The smallest absolute Gasteiger partial charge is 0.330 e. The van der Waals surface area contributed by atoms with Crippen molar-refractivity contribution in [2.75, 3.05) is 18.4 Å². The second-order valence-electron chi connectivity index (χ2n) is 4.67. The van der Waals surface area contributed by atoms with Gasteiger partial charge in [-0.15, -0.1) is 0 Å². The Bertz CT molecular complexity index is 475. The monoisotopic (exact) mass is 306 g/mol. The summed E-state index contributed by atoms with van der Waals surface area (Å²) in [6.07, 6.45) is -4.43. The Hall–Kier alpha value is -1.37. The number of carbonyl (C=O) groups is 1. The highest BCUT2D eigenvalue weighted by Gasteiger charge is 2.31. The number of amides is 2. The van der Waals surface area contributed by atoms with Gasteiger partial charge in [0.1, 0.15) is 0 Å². The number of benzene rings is 1. The van der Waals surface area contributed by atoms with Gasteiger partial charge < -0.3 is 4.90 Å². The summed E-state index contributed by atoms with van der Waals surface area (Å²) < 4.78 is 39.5. The summed E-state index contributed by atoms with van der Waals surface area (Å²) in [5.41, 5.74) is -0.548. The van der Waals surface area contributed by atoms with Crippen molar-refractivity contribution in [3.05, 3.63) is 29.8 Å². The molecule has 0 aliphatic rings. The standard InChI is InChI=1S/C13H17F3N2OS/c1-9(2)20-18(12(19)17(3)4)11-7-5-6-10(8-11)13(14,15)16/h5-9H,1-4H3. The molecule has 1 aromatic rings. The number of carbonyl (C=O) groups excluding carboxylic acids is 1. The van der Waals surface area contributed by atoms with E-state index in [4.69, 9.17) is 0 Å². The van der Waals surface area contributed by atoms with Crippen molar-refractivity contribution < 1.29 is 18.0 Å². The fourth-order valence-corrected chi connectivity index (χ4v) is 2.33. The van der Waals surface area contributed by atoms with Crippen LogP contribution in [-0.4, -0.2) is 30.3 Å². The fourth-order valence-electron chi connectivity index (χ4n) is 1.42. The molecular formula is C13H17F3N2OS. The Morgan fingerprint density at radius 3 is 2.30 bits per heavy atom. The maximum Gasteiger partial charge on any atom is 0.416 e. The van der Waals surface area contributed by atoms with E-state index in [9.17, 15) is 18.0 Å². The maximum atomic E-state index is 12.7. The lowest BCUT2D eigenvalue weighted by Crippen LogP contribution is -2.35. The predicted octanol–water partition coefficient (Wildman–Crippen LogP) is 4.25. The Morgan fingerprint density at radius 1 is 1.25 bits per heavy atom. The molecule has 112 valence electrons. The first-order chi connectivity index (χ1) is 9.12. The number of urea groups is 1. The van der Waals surface area contributed by atoms with E-state index in [-0.39, 0.29) is 17.0 Å². The number of anilines is 1. The quantitative estimate of drug-likeness (QED) is 0.779. The molecule has 0 saturated carbocycles. The molecule has 7 heteroatoms. The van der Waals surface area contributed by atoms with Crippen LogP contribution >= 0.6 is 11.9 Å². The minimum Gasteiger partial charge on any atom is -0.330 e. The van der Waals surface area contributed by atoms with Crippen LogP contribution in [0.3, 0.4) is 0 Å². The van der Waals surface area contributed by atoms with Crippen LogP contribution in [0.15, 0.2) is 24.3 Å². The van der Waals surface area contributed by atoms with Gasteiger partial charge in [0.25, 0.3) is 0 Å². The minimum atomic E-state index is -4.43. The van der Waals surface area contributed by atoms with Gasteiger partial charge in [0.2, 0.25) is 0 Å². The van der Waals surface area contributed by atoms with E-state index in [1.54, 1.807) is 14.1 Å². The van der Waals surface area contributed by atoms with E-state index < -0.39 is 11.7 Å². The van der Waals surface area contributed by atoms with Crippen molar-refractivity contribution in [3.8, 4) is 0 Å². The summed E-state index contributed by atoms with van der Waals surface area (Å²) in [4.78, 5) is 13.4. The highest BCUT2D eigenvalue weighted by Crippen LogP contribution is 2.34. The fraction of sp³-hybridized carbons (Fsp3) is 0.462. The molecule has 1 rings (SSSR count). The molecule has 3 nitrogen and oxygen atoms in total. The number of halogens is 3. The van der Waals surface area contributed by atoms with Crippen LogP contribution in [0.5, 0.6) is 0 Å². The first-order valence-corrected chi connectivity index (χ1v) is 6.82. The molecule has 0 spiro atoms. The average molecular weight is 306 g/mol. The zero-order valence-corrected chi connectivity index (χ0v) is 12.5. The second-order valence-corrected chi connectivity index (χ2v) is 6.19. The van der Waals surface area contributed by atoms with Crippen molar-refractivity contribution in [1.82, 2.24) is 4.90 Å². The number of alkyl halides is 3. The normalized spacial score (nSPS) is 11.6. The first kappa shape index (κ1) is 16.7. The molecular weight excluding hydrogens is 289 g/mol. The molecule has 0 aromatic heterocycles. The molecule has 0 fully saturated rings. The summed E-state index contributed by atoms with van der Waals surface area (Å²) in [5.74, 6) is 0. The Morgan fingerprint density at radius 2 is 1.85 bits per heavy atom. The predicted molar refractivity (Wildman–Crippen MR) is 75.7 cm³/mol. The largest absolute Gasteiger partial charge is 0.416 e. The summed E-state index contributed by atoms with van der Waals surface area (Å²) in [6, 6.07) is 4.39. The summed E-state index contributed by atoms with van der Waals surface area (Å²) in [5, 5.41) is 0.0634. The lowest BCUT2D eigenvalue weighted by atomic mass is 10.2. The highest BCUT2D eigenvalue weighted by atomic mass is 32.2. The lowest BCUT2D eigenvalue weighted by Gasteiger charge is -2.26. The lowest BCUT2D eigenvalue weighted by molar-refractivity contribution is -0.137. The van der Waals surface area contributed by atoms with Gasteiger partial charge >= 0.3 is 12.2 Å². The number of rotatable bonds is 3. The van der Waals surface area contributed by atoms with Gasteiger partial charge in [-0.05, 0) is 30.1 Å². The van der Waals surface area contributed by atoms with Gasteiger partial charge in [-0.2, -0.15) is 13.2 Å². The molecule has 0 saturated heterocycles. The summed E-state index contributed by atoms with van der Waals surface area (Å²) in [7, 11) is 3.12. The molecule has 2 amide bonds. The van der Waals surface area contributed by atoms with Crippen LogP contribution in [0.2, 0.25) is 0 Å². The Kier molecular flexibility index (Phi) is 5.33. The van der Waals surface area contributed by atoms with E-state index in [1.165, 1.54) is 33.3 Å². The molecule has 0 atom stereocenters. The van der Waals surface area contributed by atoms with Crippen molar-refractivity contribution in [1.29, 1.82) is 0 Å². The van der Waals surface area contributed by atoms with Gasteiger partial charge in [0.15, 0.2) is 0 Å². The third-order valence-electron chi connectivity index (χ3n) is 2.28. The van der Waals surface area contributed by atoms with Gasteiger partial charge in [-0.25, -0.2) is 9.10 Å². The third kappa shape index (κ3) is 4.33. The van der Waals surface area contributed by atoms with Crippen LogP contribution in [0.1, 0.15) is 19.4 Å². The van der Waals surface area contributed by atoms with E-state index in [0.29, 0.717) is 0 Å². The number of hydrogen-bond acceptors (Lipinski definition) is 2. The van der Waals surface area contributed by atoms with E-state index in [1.807, 2.05) is 13.8 Å². The van der Waals surface area contributed by atoms with Crippen molar-refractivity contribution in [2.45, 2.75) is 25.3 Å². The second kappa shape index (κ2) is 6.39. The average Bonchev–Trinajstić information content (AvgIpc) is 2.34. The molecule has 0 unspecified atom stereocenters. The molecule has 1 aromatic carbocycles. The molecule has 0 radical (unpaired) electrons. The molecule has 0 aliphatic carbocycles. The van der Waals surface area contributed by atoms with Crippen LogP contribution in [0, 0.1) is 0 Å². The van der Waals surface area contributed by atoms with Crippen LogP contribution in [0.4, 0.5) is 23.7 Å². The summed E-state index contributed by atoms with van der Waals surface area (Å²) >= 11 is 1.18. The molecule has 0 bridgehead atoms. The van der Waals surface area contributed by atoms with E-state index in [0.717, 1.165) is 12.1 Å². The van der Waals surface area contributed by atoms with Gasteiger partial charge in [0, 0.05) is 19.3 Å². The van der Waals surface area contributed by atoms with E-state index >= 15 is 0 Å². The van der Waals surface area contributed by atoms with Crippen LogP contribution in [0.25, 0.3) is 0 Å². The highest BCUT2D eigenvalue weighted by molar-refractivity contribution is 8.01. The van der Waals surface area contributed by atoms with Gasteiger partial charge in [-0.3, -0.25) is 0 Å². The van der Waals surface area contributed by atoms with Crippen molar-refractivity contribution in [3.63, 3.8) is 0 Å². The van der Waals surface area contributed by atoms with E-state index in [2.05, 4.69) is 0 Å². The Labute approximate surface area is 120 Å². The third-order valence-corrected chi connectivity index (χ3v) is 3.28. The van der Waals surface area contributed by atoms with Crippen LogP contribution in [-0.2, 0) is 6.18 Å². The van der Waals surface area contributed by atoms with Gasteiger partial charge in [0.05, 0.1) is 11.3 Å². The number of hydrogen-bond donors (Lipinski definition) is 0. The molecule has 0 N–H and O–H groups in total. The van der Waals surface area contributed by atoms with Crippen molar-refractivity contribution >= 4 is 23.7 Å². The zero-order valence-electron chi connectivity index (χ0n) is 11.7. The SMILES string of the molecule is CC(C)SN(C(=O)N(C)C)c1cccc(C(F)(F)F)c1. The van der Waals surface area contributed by atoms with Crippen molar-refractivity contribution in [2.24, 2.45) is 0 Å². The van der Waals surface area contributed by atoms with Crippen LogP contribution < -0.4 is 4.31 Å². The minimum absolute atomic E-state index is 0.0634.